The van der Waals surface area contributed by atoms with Gasteiger partial charge in [0.25, 0.3) is 0 Å². The van der Waals surface area contributed by atoms with E-state index in [1.165, 1.54) is 6.07 Å². The smallest absolute Gasteiger partial charge is 0.239 e. The summed E-state index contributed by atoms with van der Waals surface area (Å²) in [6.07, 6.45) is 3.73. The molecule has 1 N–H and O–H groups in total. The van der Waals surface area contributed by atoms with E-state index < -0.39 is 11.9 Å². The molecule has 1 amide bonds. The average Bonchev–Trinajstić information content (AvgIpc) is 2.75. The fraction of sp³-hybridized carbons (Fsp3) is 0.455. The standard InChI is InChI=1S/C11H12F2N2O/c12-9-6-5-8(10(13)15-9)14-11(16)7-3-1-2-4-7/h5-7H,1-4H2,(H,14,16). The minimum absolute atomic E-state index is 0.0514. The number of hydrogen-bond donors (Lipinski definition) is 1. The van der Waals surface area contributed by atoms with E-state index in [2.05, 4.69) is 10.3 Å². The summed E-state index contributed by atoms with van der Waals surface area (Å²) in [6.45, 7) is 0. The molecule has 0 unspecified atom stereocenters. The fourth-order valence-corrected chi connectivity index (χ4v) is 1.93. The summed E-state index contributed by atoms with van der Waals surface area (Å²) in [5, 5.41) is 2.44. The molecule has 16 heavy (non-hydrogen) atoms. The van der Waals surface area contributed by atoms with Gasteiger partial charge in [-0.2, -0.15) is 13.8 Å². The largest absolute Gasteiger partial charge is 0.322 e. The van der Waals surface area contributed by atoms with E-state index in [9.17, 15) is 13.6 Å². The van der Waals surface area contributed by atoms with Crippen molar-refractivity contribution in [3.8, 4) is 0 Å². The minimum Gasteiger partial charge on any atom is -0.322 e. The molecule has 1 aromatic rings. The molecule has 0 bridgehead atoms. The van der Waals surface area contributed by atoms with Crippen molar-refractivity contribution in [2.75, 3.05) is 5.32 Å². The number of pyridine rings is 1. The predicted octanol–water partition coefficient (Wildman–Crippen LogP) is 2.49. The monoisotopic (exact) mass is 226 g/mol. The molecule has 3 nitrogen and oxygen atoms in total. The Hall–Kier alpha value is -1.52. The van der Waals surface area contributed by atoms with Crippen LogP contribution in [0.5, 0.6) is 0 Å². The number of halogens is 2. The molecule has 86 valence electrons. The van der Waals surface area contributed by atoms with Gasteiger partial charge < -0.3 is 5.32 Å². The third-order valence-electron chi connectivity index (χ3n) is 2.80. The van der Waals surface area contributed by atoms with Crippen molar-refractivity contribution < 1.29 is 13.6 Å². The Labute approximate surface area is 91.9 Å². The van der Waals surface area contributed by atoms with Crippen molar-refractivity contribution in [1.29, 1.82) is 0 Å². The van der Waals surface area contributed by atoms with Crippen LogP contribution < -0.4 is 5.32 Å². The second-order valence-electron chi connectivity index (χ2n) is 3.94. The maximum atomic E-state index is 13.1. The molecular weight excluding hydrogens is 214 g/mol. The Morgan fingerprint density at radius 2 is 2.00 bits per heavy atom. The lowest BCUT2D eigenvalue weighted by Crippen LogP contribution is -2.21. The number of rotatable bonds is 2. The van der Waals surface area contributed by atoms with Crippen LogP contribution >= 0.6 is 0 Å². The van der Waals surface area contributed by atoms with Crippen LogP contribution in [0.1, 0.15) is 25.7 Å². The number of anilines is 1. The first-order valence-corrected chi connectivity index (χ1v) is 5.30. The van der Waals surface area contributed by atoms with Gasteiger partial charge in [-0.1, -0.05) is 12.8 Å². The van der Waals surface area contributed by atoms with Gasteiger partial charge in [-0.3, -0.25) is 4.79 Å². The van der Waals surface area contributed by atoms with Crippen LogP contribution in [-0.4, -0.2) is 10.9 Å². The highest BCUT2D eigenvalue weighted by molar-refractivity contribution is 5.92. The molecule has 0 atom stereocenters. The molecule has 0 aromatic carbocycles. The van der Waals surface area contributed by atoms with Crippen LogP contribution in [0.15, 0.2) is 12.1 Å². The van der Waals surface area contributed by atoms with Gasteiger partial charge in [-0.05, 0) is 25.0 Å². The van der Waals surface area contributed by atoms with Crippen LogP contribution in [0.2, 0.25) is 0 Å². The van der Waals surface area contributed by atoms with Crippen molar-refractivity contribution in [1.82, 2.24) is 4.98 Å². The number of nitrogens with zero attached hydrogens (tertiary/aromatic N) is 1. The van der Waals surface area contributed by atoms with Crippen LogP contribution in [0.3, 0.4) is 0 Å². The zero-order chi connectivity index (χ0) is 11.5. The van der Waals surface area contributed by atoms with Gasteiger partial charge in [-0.25, -0.2) is 0 Å². The van der Waals surface area contributed by atoms with E-state index in [4.69, 9.17) is 0 Å². The molecular formula is C11H12F2N2O. The fourth-order valence-electron chi connectivity index (χ4n) is 1.93. The van der Waals surface area contributed by atoms with E-state index in [1.54, 1.807) is 0 Å². The molecule has 2 rings (SSSR count). The normalized spacial score (nSPS) is 16.4. The maximum Gasteiger partial charge on any atom is 0.239 e. The molecule has 1 aliphatic carbocycles. The van der Waals surface area contributed by atoms with E-state index in [0.29, 0.717) is 0 Å². The maximum absolute atomic E-state index is 13.1. The lowest BCUT2D eigenvalue weighted by molar-refractivity contribution is -0.119. The van der Waals surface area contributed by atoms with Crippen LogP contribution in [0.4, 0.5) is 14.5 Å². The number of carbonyl (C=O) groups excluding carboxylic acids is 1. The summed E-state index contributed by atoms with van der Waals surface area (Å²) in [7, 11) is 0. The third-order valence-corrected chi connectivity index (χ3v) is 2.80. The Morgan fingerprint density at radius 1 is 1.31 bits per heavy atom. The zero-order valence-corrected chi connectivity index (χ0v) is 8.67. The van der Waals surface area contributed by atoms with Gasteiger partial charge in [0.1, 0.15) is 0 Å². The summed E-state index contributed by atoms with van der Waals surface area (Å²) < 4.78 is 25.7. The third kappa shape index (κ3) is 2.35. The quantitative estimate of drug-likeness (QED) is 0.787. The molecule has 1 aromatic heterocycles. The molecule has 1 saturated carbocycles. The Morgan fingerprint density at radius 3 is 2.62 bits per heavy atom. The molecule has 5 heteroatoms. The number of hydrogen-bond acceptors (Lipinski definition) is 2. The highest BCUT2D eigenvalue weighted by atomic mass is 19.1. The van der Waals surface area contributed by atoms with E-state index in [-0.39, 0.29) is 17.5 Å². The van der Waals surface area contributed by atoms with E-state index >= 15 is 0 Å². The Balaban J connectivity index is 2.05. The second kappa shape index (κ2) is 4.55. The number of aromatic nitrogens is 1. The summed E-state index contributed by atoms with van der Waals surface area (Å²) in [6, 6.07) is 2.21. The number of amides is 1. The second-order valence-corrected chi connectivity index (χ2v) is 3.94. The molecule has 0 saturated heterocycles. The van der Waals surface area contributed by atoms with Crippen molar-refractivity contribution in [3.63, 3.8) is 0 Å². The first-order valence-electron chi connectivity index (χ1n) is 5.30. The van der Waals surface area contributed by atoms with Crippen LogP contribution in [0, 0.1) is 17.8 Å². The molecule has 1 fully saturated rings. The predicted molar refractivity (Wildman–Crippen MR) is 54.7 cm³/mol. The Bertz CT molecular complexity index is 403. The Kier molecular flexibility index (Phi) is 3.12. The zero-order valence-electron chi connectivity index (χ0n) is 8.67. The summed E-state index contributed by atoms with van der Waals surface area (Å²) in [4.78, 5) is 14.7. The van der Waals surface area contributed by atoms with E-state index in [1.807, 2.05) is 0 Å². The molecule has 0 radical (unpaired) electrons. The molecule has 0 spiro atoms. The van der Waals surface area contributed by atoms with Crippen LogP contribution in [0.25, 0.3) is 0 Å². The highest BCUT2D eigenvalue weighted by Crippen LogP contribution is 2.26. The summed E-state index contributed by atoms with van der Waals surface area (Å²) in [5.41, 5.74) is -0.0571. The van der Waals surface area contributed by atoms with Gasteiger partial charge in [0.05, 0.1) is 5.69 Å². The number of carbonyl (C=O) groups is 1. The van der Waals surface area contributed by atoms with Gasteiger partial charge in [-0.15, -0.1) is 0 Å². The van der Waals surface area contributed by atoms with Crippen molar-refractivity contribution in [2.45, 2.75) is 25.7 Å². The number of nitrogens with one attached hydrogen (secondary N) is 1. The molecule has 1 aliphatic rings. The van der Waals surface area contributed by atoms with Crippen molar-refractivity contribution >= 4 is 11.6 Å². The van der Waals surface area contributed by atoms with Gasteiger partial charge in [0, 0.05) is 5.92 Å². The highest BCUT2D eigenvalue weighted by Gasteiger charge is 2.23. The molecule has 1 heterocycles. The summed E-state index contributed by atoms with van der Waals surface area (Å²) in [5.74, 6) is -2.13. The van der Waals surface area contributed by atoms with Crippen molar-refractivity contribution in [3.05, 3.63) is 24.0 Å². The van der Waals surface area contributed by atoms with Crippen molar-refractivity contribution in [2.24, 2.45) is 5.92 Å². The van der Waals surface area contributed by atoms with Crippen LogP contribution in [-0.2, 0) is 4.79 Å². The van der Waals surface area contributed by atoms with E-state index in [0.717, 1.165) is 31.7 Å². The lowest BCUT2D eigenvalue weighted by atomic mass is 10.1. The lowest BCUT2D eigenvalue weighted by Gasteiger charge is -2.10. The first kappa shape index (κ1) is 11.0. The first-order chi connectivity index (χ1) is 7.66. The minimum atomic E-state index is -0.980. The van der Waals surface area contributed by atoms with Gasteiger partial charge >= 0.3 is 0 Å². The van der Waals surface area contributed by atoms with Gasteiger partial charge in [0.15, 0.2) is 0 Å². The SMILES string of the molecule is O=C(Nc1ccc(F)nc1F)C1CCCC1. The summed E-state index contributed by atoms with van der Waals surface area (Å²) >= 11 is 0. The van der Waals surface area contributed by atoms with Gasteiger partial charge in [0.2, 0.25) is 17.8 Å². The average molecular weight is 226 g/mol. The topological polar surface area (TPSA) is 42.0 Å². The molecule has 0 aliphatic heterocycles.